The fraction of sp³-hybridized carbons (Fsp3) is 0.0286. The van der Waals surface area contributed by atoms with E-state index in [2.05, 4.69) is 116 Å². The van der Waals surface area contributed by atoms with Crippen molar-refractivity contribution in [1.82, 2.24) is 0 Å². The molecule has 6 rings (SSSR count). The molecule has 0 aliphatic heterocycles. The first-order valence-electron chi connectivity index (χ1n) is 12.3. The van der Waals surface area contributed by atoms with Gasteiger partial charge in [0, 0.05) is 16.8 Å². The van der Waals surface area contributed by atoms with Crippen molar-refractivity contribution in [2.24, 2.45) is 0 Å². The van der Waals surface area contributed by atoms with Gasteiger partial charge in [-0.15, -0.1) is 0 Å². The molecule has 0 saturated heterocycles. The van der Waals surface area contributed by atoms with Crippen LogP contribution in [0.2, 0.25) is 0 Å². The smallest absolute Gasteiger partial charge is 0.0470 e. The lowest BCUT2D eigenvalue weighted by atomic mass is 9.79. The molecule has 0 spiro atoms. The maximum atomic E-state index is 6.91. The SMILES string of the molecule is C=C/C=C1\Cc2cc(-c3cccc4ccccc34)c(C=C)c(N)c2C=C1c1cccc2ccccc12. The van der Waals surface area contributed by atoms with Crippen LogP contribution in [0.1, 0.15) is 22.3 Å². The van der Waals surface area contributed by atoms with E-state index in [4.69, 9.17) is 5.73 Å². The van der Waals surface area contributed by atoms with E-state index < -0.39 is 0 Å². The van der Waals surface area contributed by atoms with Crippen LogP contribution in [0, 0.1) is 0 Å². The van der Waals surface area contributed by atoms with Gasteiger partial charge in [-0.3, -0.25) is 0 Å². The van der Waals surface area contributed by atoms with E-state index in [0.29, 0.717) is 0 Å². The largest absolute Gasteiger partial charge is 0.398 e. The van der Waals surface area contributed by atoms with Crippen LogP contribution in [0.3, 0.4) is 0 Å². The summed E-state index contributed by atoms with van der Waals surface area (Å²) in [6.07, 6.45) is 8.95. The van der Waals surface area contributed by atoms with E-state index in [0.717, 1.165) is 28.8 Å². The van der Waals surface area contributed by atoms with Crippen LogP contribution < -0.4 is 5.73 Å². The first-order chi connectivity index (χ1) is 17.7. The van der Waals surface area contributed by atoms with E-state index in [1.54, 1.807) is 0 Å². The molecular weight excluding hydrogens is 434 g/mol. The number of allylic oxidation sites excluding steroid dienone is 4. The summed E-state index contributed by atoms with van der Waals surface area (Å²) in [6.45, 7) is 8.15. The van der Waals surface area contributed by atoms with Crippen molar-refractivity contribution >= 4 is 45.0 Å². The summed E-state index contributed by atoms with van der Waals surface area (Å²) in [7, 11) is 0. The quantitative estimate of drug-likeness (QED) is 0.265. The van der Waals surface area contributed by atoms with Crippen LogP contribution in [0.25, 0.3) is 50.4 Å². The predicted octanol–water partition coefficient (Wildman–Crippen LogP) is 9.09. The topological polar surface area (TPSA) is 26.0 Å². The average molecular weight is 462 g/mol. The number of benzene rings is 5. The second-order valence-corrected chi connectivity index (χ2v) is 9.24. The van der Waals surface area contributed by atoms with Gasteiger partial charge in [0.2, 0.25) is 0 Å². The van der Waals surface area contributed by atoms with Gasteiger partial charge in [0.05, 0.1) is 0 Å². The minimum Gasteiger partial charge on any atom is -0.398 e. The molecule has 1 nitrogen and oxygen atoms in total. The molecule has 1 aliphatic carbocycles. The molecule has 36 heavy (non-hydrogen) atoms. The Morgan fingerprint density at radius 2 is 1.31 bits per heavy atom. The number of nitrogen functional groups attached to an aromatic ring is 1. The van der Waals surface area contributed by atoms with Crippen LogP contribution in [0.5, 0.6) is 0 Å². The molecule has 0 saturated carbocycles. The van der Waals surface area contributed by atoms with Crippen LogP contribution in [-0.2, 0) is 6.42 Å². The molecule has 0 atom stereocenters. The second-order valence-electron chi connectivity index (χ2n) is 9.24. The lowest BCUT2D eigenvalue weighted by Gasteiger charge is -2.25. The molecule has 0 aromatic heterocycles. The van der Waals surface area contributed by atoms with Crippen molar-refractivity contribution in [3.05, 3.63) is 144 Å². The van der Waals surface area contributed by atoms with Gasteiger partial charge in [-0.1, -0.05) is 116 Å². The van der Waals surface area contributed by atoms with E-state index in [1.165, 1.54) is 49.4 Å². The minimum absolute atomic E-state index is 0.779. The lowest BCUT2D eigenvalue weighted by molar-refractivity contribution is 1.18. The number of hydrogen-bond donors (Lipinski definition) is 1. The molecule has 1 heteroatoms. The minimum atomic E-state index is 0.779. The first kappa shape index (κ1) is 21.9. The summed E-state index contributed by atoms with van der Waals surface area (Å²) in [5.74, 6) is 0. The first-order valence-corrected chi connectivity index (χ1v) is 12.3. The molecule has 2 N–H and O–H groups in total. The predicted molar refractivity (Wildman–Crippen MR) is 158 cm³/mol. The Kier molecular flexibility index (Phi) is 5.39. The molecule has 0 bridgehead atoms. The zero-order valence-corrected chi connectivity index (χ0v) is 20.2. The van der Waals surface area contributed by atoms with Crippen molar-refractivity contribution in [3.8, 4) is 11.1 Å². The Labute approximate surface area is 212 Å². The van der Waals surface area contributed by atoms with E-state index >= 15 is 0 Å². The summed E-state index contributed by atoms with van der Waals surface area (Å²) in [6, 6.07) is 32.3. The Balaban J connectivity index is 1.62. The second kappa shape index (κ2) is 8.87. The fourth-order valence-corrected chi connectivity index (χ4v) is 5.55. The molecule has 5 aromatic carbocycles. The molecule has 1 aliphatic rings. The third kappa shape index (κ3) is 3.49. The van der Waals surface area contributed by atoms with Gasteiger partial charge < -0.3 is 5.73 Å². The molecular formula is C35H27N. The Morgan fingerprint density at radius 1 is 0.694 bits per heavy atom. The van der Waals surface area contributed by atoms with Gasteiger partial charge >= 0.3 is 0 Å². The summed E-state index contributed by atoms with van der Waals surface area (Å²) in [5.41, 5.74) is 16.9. The average Bonchev–Trinajstić information content (AvgIpc) is 2.92. The molecule has 0 amide bonds. The van der Waals surface area contributed by atoms with Gasteiger partial charge in [0.25, 0.3) is 0 Å². The number of anilines is 1. The molecule has 172 valence electrons. The molecule has 0 radical (unpaired) electrons. The van der Waals surface area contributed by atoms with E-state index in [9.17, 15) is 0 Å². The zero-order valence-electron chi connectivity index (χ0n) is 20.2. The lowest BCUT2D eigenvalue weighted by Crippen LogP contribution is -2.08. The zero-order chi connectivity index (χ0) is 24.6. The van der Waals surface area contributed by atoms with Crippen molar-refractivity contribution in [1.29, 1.82) is 0 Å². The number of rotatable bonds is 4. The molecule has 0 fully saturated rings. The van der Waals surface area contributed by atoms with Crippen molar-refractivity contribution < 1.29 is 0 Å². The monoisotopic (exact) mass is 461 g/mol. The standard InChI is InChI=1S/C35H27N/c1-3-11-25-20-26-21-34(31-19-10-15-24-13-6-8-17-29(24)31)27(4-2)35(36)33(26)22-32(25)30-18-9-14-23-12-5-7-16-28(23)30/h3-19,21-22H,1-2,20,36H2/b25-11+. The number of fused-ring (bicyclic) bond motifs is 3. The third-order valence-electron chi connectivity index (χ3n) is 7.23. The van der Waals surface area contributed by atoms with Gasteiger partial charge in [0.1, 0.15) is 0 Å². The summed E-state index contributed by atoms with van der Waals surface area (Å²) < 4.78 is 0. The van der Waals surface area contributed by atoms with Crippen LogP contribution in [0.15, 0.2) is 122 Å². The van der Waals surface area contributed by atoms with Crippen LogP contribution in [-0.4, -0.2) is 0 Å². The summed E-state index contributed by atoms with van der Waals surface area (Å²) >= 11 is 0. The van der Waals surface area contributed by atoms with Gasteiger partial charge in [-0.05, 0) is 73.5 Å². The highest BCUT2D eigenvalue weighted by molar-refractivity contribution is 6.07. The Bertz CT molecular complexity index is 1740. The van der Waals surface area contributed by atoms with E-state index in [-0.39, 0.29) is 0 Å². The van der Waals surface area contributed by atoms with Crippen LogP contribution >= 0.6 is 0 Å². The molecule has 0 unspecified atom stereocenters. The molecule has 0 heterocycles. The third-order valence-corrected chi connectivity index (χ3v) is 7.23. The van der Waals surface area contributed by atoms with Crippen molar-refractivity contribution in [3.63, 3.8) is 0 Å². The van der Waals surface area contributed by atoms with E-state index in [1.807, 2.05) is 12.2 Å². The molecule has 5 aromatic rings. The highest BCUT2D eigenvalue weighted by Gasteiger charge is 2.23. The summed E-state index contributed by atoms with van der Waals surface area (Å²) in [4.78, 5) is 0. The van der Waals surface area contributed by atoms with Gasteiger partial charge in [-0.25, -0.2) is 0 Å². The maximum absolute atomic E-state index is 6.91. The van der Waals surface area contributed by atoms with Crippen LogP contribution in [0.4, 0.5) is 5.69 Å². The van der Waals surface area contributed by atoms with Crippen molar-refractivity contribution in [2.75, 3.05) is 5.73 Å². The number of nitrogens with two attached hydrogens (primary N) is 1. The van der Waals surface area contributed by atoms with Crippen molar-refractivity contribution in [2.45, 2.75) is 6.42 Å². The highest BCUT2D eigenvalue weighted by Crippen LogP contribution is 2.44. The normalized spacial score (nSPS) is 14.0. The summed E-state index contributed by atoms with van der Waals surface area (Å²) in [5, 5.41) is 4.89. The Hall–Kier alpha value is -4.62. The van der Waals surface area contributed by atoms with Gasteiger partial charge in [-0.2, -0.15) is 0 Å². The van der Waals surface area contributed by atoms with Gasteiger partial charge in [0.15, 0.2) is 0 Å². The number of hydrogen-bond acceptors (Lipinski definition) is 1. The Morgan fingerprint density at radius 3 is 1.97 bits per heavy atom. The fourth-order valence-electron chi connectivity index (χ4n) is 5.55. The highest BCUT2D eigenvalue weighted by atomic mass is 14.6. The maximum Gasteiger partial charge on any atom is 0.0470 e.